The molecule has 1 aliphatic rings. The standard InChI is InChI=1S/C19H18F2N2O5/c20-11-1-2-13(14(21)9-11)19(28)23-5-3-12(4-6-23)22-18(27)10-7-15(24)17(26)16(25)8-10/h1-2,7-9,12,24-26H,3-6H2,(H,22,27). The number of hydrogen-bond donors (Lipinski definition) is 4. The number of nitrogens with one attached hydrogen (secondary N) is 1. The van der Waals surface area contributed by atoms with E-state index in [2.05, 4.69) is 5.32 Å². The quantitative estimate of drug-likeness (QED) is 0.598. The van der Waals surface area contributed by atoms with Gasteiger partial charge in [0.15, 0.2) is 17.2 Å². The molecule has 2 aromatic rings. The Morgan fingerprint density at radius 3 is 2.18 bits per heavy atom. The Balaban J connectivity index is 1.59. The molecule has 0 aliphatic carbocycles. The summed E-state index contributed by atoms with van der Waals surface area (Å²) in [6.45, 7) is 0.541. The molecule has 0 atom stereocenters. The Morgan fingerprint density at radius 1 is 1.00 bits per heavy atom. The van der Waals surface area contributed by atoms with E-state index < -0.39 is 40.7 Å². The molecule has 0 radical (unpaired) electrons. The van der Waals surface area contributed by atoms with Crippen molar-refractivity contribution in [2.75, 3.05) is 13.1 Å². The molecule has 2 amide bonds. The number of hydrogen-bond acceptors (Lipinski definition) is 5. The SMILES string of the molecule is O=C(NC1CCN(C(=O)c2ccc(F)cc2F)CC1)c1cc(O)c(O)c(O)c1. The van der Waals surface area contributed by atoms with Crippen LogP contribution in [0.25, 0.3) is 0 Å². The van der Waals surface area contributed by atoms with Crippen LogP contribution < -0.4 is 5.32 Å². The highest BCUT2D eigenvalue weighted by atomic mass is 19.1. The lowest BCUT2D eigenvalue weighted by Gasteiger charge is -2.32. The normalized spacial score (nSPS) is 14.7. The van der Waals surface area contributed by atoms with Crippen molar-refractivity contribution in [2.24, 2.45) is 0 Å². The molecule has 0 aromatic heterocycles. The summed E-state index contributed by atoms with van der Waals surface area (Å²) in [5.74, 6) is -4.74. The van der Waals surface area contributed by atoms with Gasteiger partial charge in [-0.2, -0.15) is 0 Å². The molecule has 1 fully saturated rings. The van der Waals surface area contributed by atoms with Crippen molar-refractivity contribution in [3.05, 3.63) is 53.1 Å². The monoisotopic (exact) mass is 392 g/mol. The van der Waals surface area contributed by atoms with Crippen molar-refractivity contribution in [1.29, 1.82) is 0 Å². The first-order chi connectivity index (χ1) is 13.3. The van der Waals surface area contributed by atoms with Gasteiger partial charge in [-0.15, -0.1) is 0 Å². The topological polar surface area (TPSA) is 110 Å². The van der Waals surface area contributed by atoms with Crippen LogP contribution in [0.3, 0.4) is 0 Å². The Labute approximate surface area is 158 Å². The summed E-state index contributed by atoms with van der Waals surface area (Å²) >= 11 is 0. The number of phenolic OH excluding ortho intramolecular Hbond substituents is 3. The molecule has 2 aromatic carbocycles. The number of nitrogens with zero attached hydrogens (tertiary/aromatic N) is 1. The lowest BCUT2D eigenvalue weighted by Crippen LogP contribution is -2.46. The Bertz CT molecular complexity index is 904. The average molecular weight is 392 g/mol. The number of benzene rings is 2. The van der Waals surface area contributed by atoms with Gasteiger partial charge in [-0.05, 0) is 37.1 Å². The number of halogens is 2. The molecule has 3 rings (SSSR count). The lowest BCUT2D eigenvalue weighted by molar-refractivity contribution is 0.0693. The van der Waals surface area contributed by atoms with Crippen molar-refractivity contribution in [3.8, 4) is 17.2 Å². The largest absolute Gasteiger partial charge is 0.504 e. The van der Waals surface area contributed by atoms with E-state index in [1.54, 1.807) is 0 Å². The summed E-state index contributed by atoms with van der Waals surface area (Å²) in [6.07, 6.45) is 0.826. The molecule has 0 spiro atoms. The van der Waals surface area contributed by atoms with E-state index in [0.717, 1.165) is 24.3 Å². The average Bonchev–Trinajstić information content (AvgIpc) is 2.65. The highest BCUT2D eigenvalue weighted by molar-refractivity contribution is 5.96. The van der Waals surface area contributed by atoms with E-state index in [1.165, 1.54) is 4.90 Å². The van der Waals surface area contributed by atoms with Crippen molar-refractivity contribution in [1.82, 2.24) is 10.2 Å². The van der Waals surface area contributed by atoms with E-state index in [9.17, 15) is 33.7 Å². The minimum absolute atomic E-state index is 0.0281. The highest BCUT2D eigenvalue weighted by Crippen LogP contribution is 2.35. The maximum absolute atomic E-state index is 13.8. The fourth-order valence-corrected chi connectivity index (χ4v) is 3.06. The highest BCUT2D eigenvalue weighted by Gasteiger charge is 2.27. The van der Waals surface area contributed by atoms with Crippen molar-refractivity contribution < 1.29 is 33.7 Å². The summed E-state index contributed by atoms with van der Waals surface area (Å²) in [4.78, 5) is 26.1. The van der Waals surface area contributed by atoms with E-state index in [0.29, 0.717) is 18.9 Å². The molecule has 148 valence electrons. The van der Waals surface area contributed by atoms with Gasteiger partial charge in [-0.25, -0.2) is 8.78 Å². The molecule has 7 nitrogen and oxygen atoms in total. The number of rotatable bonds is 3. The van der Waals surface area contributed by atoms with Crippen LogP contribution in [-0.4, -0.2) is 51.2 Å². The molecule has 0 bridgehead atoms. The van der Waals surface area contributed by atoms with Crippen LogP contribution in [0.15, 0.2) is 30.3 Å². The van der Waals surface area contributed by atoms with E-state index in [4.69, 9.17) is 0 Å². The summed E-state index contributed by atoms with van der Waals surface area (Å²) in [5, 5.41) is 31.0. The zero-order valence-corrected chi connectivity index (χ0v) is 14.7. The summed E-state index contributed by atoms with van der Waals surface area (Å²) < 4.78 is 26.8. The van der Waals surface area contributed by atoms with Gasteiger partial charge in [0.2, 0.25) is 0 Å². The third-order valence-corrected chi connectivity index (χ3v) is 4.61. The first-order valence-corrected chi connectivity index (χ1v) is 8.56. The molecule has 1 heterocycles. The van der Waals surface area contributed by atoms with Gasteiger partial charge in [0.05, 0.1) is 5.56 Å². The third kappa shape index (κ3) is 3.98. The Morgan fingerprint density at radius 2 is 1.61 bits per heavy atom. The number of phenols is 3. The number of likely N-dealkylation sites (tertiary alicyclic amines) is 1. The first-order valence-electron chi connectivity index (χ1n) is 8.56. The maximum atomic E-state index is 13.8. The summed E-state index contributed by atoms with van der Waals surface area (Å²) in [6, 6.07) is 4.56. The number of carbonyl (C=O) groups is 2. The minimum Gasteiger partial charge on any atom is -0.504 e. The Kier molecular flexibility index (Phi) is 5.34. The molecule has 9 heteroatoms. The van der Waals surface area contributed by atoms with Gasteiger partial charge in [-0.3, -0.25) is 9.59 Å². The smallest absolute Gasteiger partial charge is 0.256 e. The van der Waals surface area contributed by atoms with Gasteiger partial charge in [0, 0.05) is 30.8 Å². The van der Waals surface area contributed by atoms with Gasteiger partial charge >= 0.3 is 0 Å². The van der Waals surface area contributed by atoms with Crippen molar-refractivity contribution >= 4 is 11.8 Å². The predicted molar refractivity (Wildman–Crippen MR) is 94.2 cm³/mol. The fourth-order valence-electron chi connectivity index (χ4n) is 3.06. The molecular weight excluding hydrogens is 374 g/mol. The van der Waals surface area contributed by atoms with E-state index in [-0.39, 0.29) is 30.3 Å². The van der Waals surface area contributed by atoms with Crippen LogP contribution in [-0.2, 0) is 0 Å². The minimum atomic E-state index is -0.924. The Hall–Kier alpha value is -3.36. The third-order valence-electron chi connectivity index (χ3n) is 4.61. The maximum Gasteiger partial charge on any atom is 0.256 e. The molecule has 0 saturated carbocycles. The number of amides is 2. The summed E-state index contributed by atoms with van der Waals surface area (Å²) in [7, 11) is 0. The molecule has 4 N–H and O–H groups in total. The van der Waals surface area contributed by atoms with Crippen molar-refractivity contribution in [3.63, 3.8) is 0 Å². The van der Waals surface area contributed by atoms with Crippen LogP contribution >= 0.6 is 0 Å². The number of carbonyl (C=O) groups excluding carboxylic acids is 2. The zero-order chi connectivity index (χ0) is 20.4. The van der Waals surface area contributed by atoms with Gasteiger partial charge in [-0.1, -0.05) is 0 Å². The van der Waals surface area contributed by atoms with Crippen LogP contribution in [0.1, 0.15) is 33.6 Å². The van der Waals surface area contributed by atoms with E-state index in [1.807, 2.05) is 0 Å². The molecule has 1 aliphatic heterocycles. The number of piperidine rings is 1. The first kappa shape index (κ1) is 19.4. The summed E-state index contributed by atoms with van der Waals surface area (Å²) in [5.41, 5.74) is -0.237. The van der Waals surface area contributed by atoms with Crippen LogP contribution in [0.4, 0.5) is 8.78 Å². The van der Waals surface area contributed by atoms with Gasteiger partial charge < -0.3 is 25.5 Å². The van der Waals surface area contributed by atoms with Gasteiger partial charge in [0.25, 0.3) is 11.8 Å². The second-order valence-corrected chi connectivity index (χ2v) is 6.53. The molecular formula is C19H18F2N2O5. The molecule has 1 saturated heterocycles. The second-order valence-electron chi connectivity index (χ2n) is 6.53. The van der Waals surface area contributed by atoms with Gasteiger partial charge in [0.1, 0.15) is 11.6 Å². The van der Waals surface area contributed by atoms with Crippen LogP contribution in [0, 0.1) is 11.6 Å². The molecule has 28 heavy (non-hydrogen) atoms. The van der Waals surface area contributed by atoms with E-state index >= 15 is 0 Å². The molecule has 0 unspecified atom stereocenters. The fraction of sp³-hybridized carbons (Fsp3) is 0.263. The number of aromatic hydroxyl groups is 3. The van der Waals surface area contributed by atoms with Crippen LogP contribution in [0.5, 0.6) is 17.2 Å². The van der Waals surface area contributed by atoms with Crippen molar-refractivity contribution in [2.45, 2.75) is 18.9 Å². The second kappa shape index (κ2) is 7.71. The lowest BCUT2D eigenvalue weighted by atomic mass is 10.0. The van der Waals surface area contributed by atoms with Crippen LogP contribution in [0.2, 0.25) is 0 Å². The predicted octanol–water partition coefficient (Wildman–Crippen LogP) is 2.12. The zero-order valence-electron chi connectivity index (χ0n) is 14.7.